The third kappa shape index (κ3) is 2.98. The summed E-state index contributed by atoms with van der Waals surface area (Å²) in [4.78, 5) is 2.69. The normalized spacial score (nSPS) is 27.4. The molecule has 0 aromatic carbocycles. The molecule has 1 aliphatic carbocycles. The Morgan fingerprint density at radius 2 is 1.75 bits per heavy atom. The van der Waals surface area contributed by atoms with Crippen LogP contribution in [0.15, 0.2) is 0 Å². The van der Waals surface area contributed by atoms with E-state index in [-0.39, 0.29) is 0 Å². The maximum atomic E-state index is 3.28. The van der Waals surface area contributed by atoms with Gasteiger partial charge in [-0.3, -0.25) is 0 Å². The van der Waals surface area contributed by atoms with Crippen molar-refractivity contribution in [1.82, 2.24) is 10.2 Å². The molecule has 2 nitrogen and oxygen atoms in total. The minimum Gasteiger partial charge on any atom is -0.319 e. The number of piperidine rings is 1. The fourth-order valence-corrected chi connectivity index (χ4v) is 3.69. The molecule has 1 heterocycles. The summed E-state index contributed by atoms with van der Waals surface area (Å²) in [6, 6.07) is 0. The summed E-state index contributed by atoms with van der Waals surface area (Å²) >= 11 is 0. The van der Waals surface area contributed by atoms with Crippen molar-refractivity contribution in [1.29, 1.82) is 0 Å². The Balaban J connectivity index is 1.72. The fourth-order valence-electron chi connectivity index (χ4n) is 3.69. The Morgan fingerprint density at radius 1 is 1.12 bits per heavy atom. The zero-order valence-corrected chi connectivity index (χ0v) is 11.1. The lowest BCUT2D eigenvalue weighted by atomic mass is 9.77. The molecule has 1 saturated heterocycles. The molecule has 0 bridgehead atoms. The molecule has 0 amide bonds. The number of likely N-dealkylation sites (tertiary alicyclic amines) is 1. The average molecular weight is 224 g/mol. The highest BCUT2D eigenvalue weighted by Gasteiger charge is 2.36. The van der Waals surface area contributed by atoms with E-state index in [2.05, 4.69) is 24.2 Å². The van der Waals surface area contributed by atoms with Crippen molar-refractivity contribution < 1.29 is 0 Å². The number of rotatable bonds is 4. The number of hydrogen-bond acceptors (Lipinski definition) is 2. The first kappa shape index (κ1) is 12.4. The monoisotopic (exact) mass is 224 g/mol. The van der Waals surface area contributed by atoms with Gasteiger partial charge in [0.15, 0.2) is 0 Å². The molecule has 1 N–H and O–H groups in total. The van der Waals surface area contributed by atoms with Crippen molar-refractivity contribution in [3.05, 3.63) is 0 Å². The summed E-state index contributed by atoms with van der Waals surface area (Å²) in [5.74, 6) is 0.794. The lowest BCUT2D eigenvalue weighted by Crippen LogP contribution is -2.41. The average Bonchev–Trinajstić information content (AvgIpc) is 2.71. The van der Waals surface area contributed by atoms with Crippen molar-refractivity contribution >= 4 is 0 Å². The molecule has 1 atom stereocenters. The molecule has 0 aromatic rings. The van der Waals surface area contributed by atoms with E-state index in [1.54, 1.807) is 0 Å². The molecule has 1 aliphatic heterocycles. The lowest BCUT2D eigenvalue weighted by molar-refractivity contribution is 0.0979. The summed E-state index contributed by atoms with van der Waals surface area (Å²) in [5.41, 5.74) is 0.781. The summed E-state index contributed by atoms with van der Waals surface area (Å²) in [6.45, 7) is 7.51. The van der Waals surface area contributed by atoms with Gasteiger partial charge >= 0.3 is 0 Å². The van der Waals surface area contributed by atoms with Gasteiger partial charge in [0.1, 0.15) is 0 Å². The molecule has 16 heavy (non-hydrogen) atoms. The summed E-state index contributed by atoms with van der Waals surface area (Å²) < 4.78 is 0. The number of hydrogen-bond donors (Lipinski definition) is 1. The van der Waals surface area contributed by atoms with Crippen molar-refractivity contribution in [2.45, 2.75) is 45.4 Å². The highest BCUT2D eigenvalue weighted by atomic mass is 15.1. The van der Waals surface area contributed by atoms with Crippen molar-refractivity contribution in [3.63, 3.8) is 0 Å². The fraction of sp³-hybridized carbons (Fsp3) is 1.00. The van der Waals surface area contributed by atoms with Crippen LogP contribution in [-0.4, -0.2) is 38.1 Å². The van der Waals surface area contributed by atoms with Gasteiger partial charge in [0.05, 0.1) is 0 Å². The first-order valence-electron chi connectivity index (χ1n) is 7.11. The van der Waals surface area contributed by atoms with E-state index in [0.717, 1.165) is 17.9 Å². The molecule has 94 valence electrons. The first-order chi connectivity index (χ1) is 7.74. The topological polar surface area (TPSA) is 15.3 Å². The predicted octanol–water partition coefficient (Wildman–Crippen LogP) is 2.50. The molecule has 1 spiro atoms. The van der Waals surface area contributed by atoms with Gasteiger partial charge < -0.3 is 10.2 Å². The zero-order valence-electron chi connectivity index (χ0n) is 11.1. The molecular formula is C14H28N2. The van der Waals surface area contributed by atoms with Crippen LogP contribution in [0.2, 0.25) is 0 Å². The number of nitrogens with zero attached hydrogens (tertiary/aromatic N) is 1. The van der Waals surface area contributed by atoms with E-state index in [0.29, 0.717) is 0 Å². The van der Waals surface area contributed by atoms with Crippen LogP contribution in [0.1, 0.15) is 45.4 Å². The SMILES string of the molecule is CNCC(C)CN1CCC2(CCCC2)CC1. The van der Waals surface area contributed by atoms with E-state index >= 15 is 0 Å². The van der Waals surface area contributed by atoms with E-state index in [1.807, 2.05) is 0 Å². The second-order valence-electron chi connectivity index (χ2n) is 6.17. The van der Waals surface area contributed by atoms with Crippen LogP contribution in [-0.2, 0) is 0 Å². The largest absolute Gasteiger partial charge is 0.319 e. The molecule has 2 heteroatoms. The van der Waals surface area contributed by atoms with Crippen molar-refractivity contribution in [2.75, 3.05) is 33.2 Å². The third-order valence-corrected chi connectivity index (χ3v) is 4.70. The quantitative estimate of drug-likeness (QED) is 0.789. The van der Waals surface area contributed by atoms with Crippen molar-refractivity contribution in [3.8, 4) is 0 Å². The van der Waals surface area contributed by atoms with Crippen LogP contribution in [0.4, 0.5) is 0 Å². The van der Waals surface area contributed by atoms with Gasteiger partial charge in [0.2, 0.25) is 0 Å². The van der Waals surface area contributed by atoms with Gasteiger partial charge in [-0.1, -0.05) is 19.8 Å². The van der Waals surface area contributed by atoms with Crippen LogP contribution in [0.25, 0.3) is 0 Å². The molecule has 2 fully saturated rings. The molecule has 1 unspecified atom stereocenters. The van der Waals surface area contributed by atoms with Gasteiger partial charge in [-0.2, -0.15) is 0 Å². The molecule has 1 saturated carbocycles. The standard InChI is InChI=1S/C14H28N2/c1-13(11-15-2)12-16-9-7-14(8-10-16)5-3-4-6-14/h13,15H,3-12H2,1-2H3. The zero-order chi connectivity index (χ0) is 11.4. The maximum Gasteiger partial charge on any atom is 0.00191 e. The van der Waals surface area contributed by atoms with Crippen LogP contribution < -0.4 is 5.32 Å². The first-order valence-corrected chi connectivity index (χ1v) is 7.11. The molecule has 0 aromatic heterocycles. The van der Waals surface area contributed by atoms with Crippen LogP contribution >= 0.6 is 0 Å². The van der Waals surface area contributed by atoms with Gasteiger partial charge in [-0.05, 0) is 63.7 Å². The highest BCUT2D eigenvalue weighted by molar-refractivity contribution is 4.89. The highest BCUT2D eigenvalue weighted by Crippen LogP contribution is 2.46. The van der Waals surface area contributed by atoms with Gasteiger partial charge in [-0.25, -0.2) is 0 Å². The Morgan fingerprint density at radius 3 is 2.31 bits per heavy atom. The van der Waals surface area contributed by atoms with Gasteiger partial charge in [0, 0.05) is 6.54 Å². The second kappa shape index (κ2) is 5.50. The lowest BCUT2D eigenvalue weighted by Gasteiger charge is -2.40. The Bertz CT molecular complexity index is 199. The molecule has 2 rings (SSSR count). The smallest absolute Gasteiger partial charge is 0.00191 e. The Hall–Kier alpha value is -0.0800. The van der Waals surface area contributed by atoms with Crippen LogP contribution in [0.5, 0.6) is 0 Å². The van der Waals surface area contributed by atoms with E-state index < -0.39 is 0 Å². The number of nitrogens with one attached hydrogen (secondary N) is 1. The molecule has 2 aliphatic rings. The predicted molar refractivity (Wildman–Crippen MR) is 69.7 cm³/mol. The summed E-state index contributed by atoms with van der Waals surface area (Å²) in [5, 5.41) is 3.28. The summed E-state index contributed by atoms with van der Waals surface area (Å²) in [6.07, 6.45) is 8.98. The van der Waals surface area contributed by atoms with Crippen LogP contribution in [0.3, 0.4) is 0 Å². The Labute approximate surface area is 101 Å². The summed E-state index contributed by atoms with van der Waals surface area (Å²) in [7, 11) is 2.06. The minimum absolute atomic E-state index is 0.781. The minimum atomic E-state index is 0.781. The van der Waals surface area contributed by atoms with Crippen molar-refractivity contribution in [2.24, 2.45) is 11.3 Å². The maximum absolute atomic E-state index is 3.28. The molecule has 0 radical (unpaired) electrons. The molecular weight excluding hydrogens is 196 g/mol. The third-order valence-electron chi connectivity index (χ3n) is 4.70. The van der Waals surface area contributed by atoms with E-state index in [4.69, 9.17) is 0 Å². The Kier molecular flexibility index (Phi) is 4.26. The second-order valence-corrected chi connectivity index (χ2v) is 6.17. The van der Waals surface area contributed by atoms with Gasteiger partial charge in [-0.15, -0.1) is 0 Å². The van der Waals surface area contributed by atoms with Crippen LogP contribution in [0, 0.1) is 11.3 Å². The van der Waals surface area contributed by atoms with Gasteiger partial charge in [0.25, 0.3) is 0 Å². The van der Waals surface area contributed by atoms with E-state index in [9.17, 15) is 0 Å². The van der Waals surface area contributed by atoms with E-state index in [1.165, 1.54) is 58.2 Å².